The third-order valence-corrected chi connectivity index (χ3v) is 2.90. The van der Waals surface area contributed by atoms with Gasteiger partial charge in [0.25, 0.3) is 0 Å². The van der Waals surface area contributed by atoms with E-state index >= 15 is 0 Å². The minimum Gasteiger partial charge on any atom is -0.356 e. The van der Waals surface area contributed by atoms with Gasteiger partial charge in [-0.25, -0.2) is 4.98 Å². The van der Waals surface area contributed by atoms with Gasteiger partial charge >= 0.3 is 6.18 Å². The Kier molecular flexibility index (Phi) is 6.18. The smallest absolute Gasteiger partial charge is 0.356 e. The van der Waals surface area contributed by atoms with E-state index in [1.807, 2.05) is 25.7 Å². The lowest BCUT2D eigenvalue weighted by Gasteiger charge is -2.26. The average molecular weight is 301 g/mol. The van der Waals surface area contributed by atoms with Crippen LogP contribution in [0.1, 0.15) is 38.3 Å². The highest BCUT2D eigenvalue weighted by atomic mass is 19.4. The predicted octanol–water partition coefficient (Wildman–Crippen LogP) is 4.02. The Labute approximate surface area is 123 Å². The summed E-state index contributed by atoms with van der Waals surface area (Å²) in [7, 11) is 1.44. The van der Waals surface area contributed by atoms with Gasteiger partial charge in [0, 0.05) is 38.1 Å². The number of hydrogen-bond acceptors (Lipinski definition) is 3. The largest absolute Gasteiger partial charge is 0.417 e. The van der Waals surface area contributed by atoms with Crippen molar-refractivity contribution in [1.29, 1.82) is 0 Å². The Morgan fingerprint density at radius 1 is 1.38 bits per heavy atom. The molecule has 0 aromatic carbocycles. The molecule has 1 rings (SSSR count). The second-order valence-electron chi connectivity index (χ2n) is 5.35. The predicted molar refractivity (Wildman–Crippen MR) is 80.1 cm³/mol. The van der Waals surface area contributed by atoms with Gasteiger partial charge in [0.05, 0.1) is 5.56 Å². The van der Waals surface area contributed by atoms with Crippen molar-refractivity contribution < 1.29 is 13.2 Å². The Bertz CT molecular complexity index is 482. The lowest BCUT2D eigenvalue weighted by Crippen LogP contribution is -2.29. The number of alkyl halides is 3. The van der Waals surface area contributed by atoms with Crippen molar-refractivity contribution in [3.05, 3.63) is 23.4 Å². The summed E-state index contributed by atoms with van der Waals surface area (Å²) >= 11 is 0. The number of aromatic nitrogens is 1. The van der Waals surface area contributed by atoms with Crippen LogP contribution >= 0.6 is 0 Å². The van der Waals surface area contributed by atoms with Crippen molar-refractivity contribution in [1.82, 2.24) is 4.98 Å². The lowest BCUT2D eigenvalue weighted by atomic mass is 10.1. The van der Waals surface area contributed by atoms with Crippen LogP contribution in [0.5, 0.6) is 0 Å². The van der Waals surface area contributed by atoms with Crippen molar-refractivity contribution in [2.24, 2.45) is 10.9 Å². The number of anilines is 1. The molecule has 0 bridgehead atoms. The fourth-order valence-corrected chi connectivity index (χ4v) is 2.13. The van der Waals surface area contributed by atoms with E-state index in [1.165, 1.54) is 19.5 Å². The molecule has 0 aliphatic rings. The molecule has 0 radical (unpaired) electrons. The SMILES string of the molecule is CCCN(CC(C)C)c1cc(C(F)(F)F)c(C=NC)cn1. The molecular weight excluding hydrogens is 279 g/mol. The summed E-state index contributed by atoms with van der Waals surface area (Å²) in [4.78, 5) is 9.73. The van der Waals surface area contributed by atoms with Crippen LogP contribution in [0.15, 0.2) is 17.3 Å². The van der Waals surface area contributed by atoms with Crippen LogP contribution in [0.25, 0.3) is 0 Å². The maximum Gasteiger partial charge on any atom is 0.417 e. The zero-order valence-corrected chi connectivity index (χ0v) is 12.9. The molecule has 0 aliphatic carbocycles. The summed E-state index contributed by atoms with van der Waals surface area (Å²) in [6.45, 7) is 7.43. The third kappa shape index (κ3) is 5.02. The summed E-state index contributed by atoms with van der Waals surface area (Å²) < 4.78 is 39.5. The van der Waals surface area contributed by atoms with Gasteiger partial charge in [0.1, 0.15) is 5.82 Å². The molecule has 0 N–H and O–H groups in total. The first-order valence-corrected chi connectivity index (χ1v) is 7.03. The summed E-state index contributed by atoms with van der Waals surface area (Å²) in [5.74, 6) is 0.718. The van der Waals surface area contributed by atoms with Crippen molar-refractivity contribution in [2.45, 2.75) is 33.4 Å². The normalized spacial score (nSPS) is 12.4. The van der Waals surface area contributed by atoms with Crippen molar-refractivity contribution >= 4 is 12.0 Å². The minimum atomic E-state index is -4.41. The molecular formula is C15H22F3N3. The number of pyridine rings is 1. The van der Waals surface area contributed by atoms with Gasteiger partial charge in [-0.1, -0.05) is 20.8 Å². The standard InChI is InChI=1S/C15H22F3N3/c1-5-6-21(10-11(2)3)14-7-13(15(16,17)18)12(8-19-4)9-20-14/h7-9,11H,5-6,10H2,1-4H3. The van der Waals surface area contributed by atoms with Crippen molar-refractivity contribution in [3.8, 4) is 0 Å². The van der Waals surface area contributed by atoms with Crippen molar-refractivity contribution in [3.63, 3.8) is 0 Å². The molecule has 0 amide bonds. The van der Waals surface area contributed by atoms with E-state index < -0.39 is 11.7 Å². The summed E-state index contributed by atoms with van der Waals surface area (Å²) in [6, 6.07) is 1.12. The lowest BCUT2D eigenvalue weighted by molar-refractivity contribution is -0.137. The number of aliphatic imine (C=N–C) groups is 1. The van der Waals surface area contributed by atoms with E-state index in [-0.39, 0.29) is 5.56 Å². The number of hydrogen-bond donors (Lipinski definition) is 0. The van der Waals surface area contributed by atoms with Crippen LogP contribution in [0.2, 0.25) is 0 Å². The Balaban J connectivity index is 3.24. The van der Waals surface area contributed by atoms with Gasteiger partial charge in [-0.05, 0) is 18.4 Å². The second-order valence-corrected chi connectivity index (χ2v) is 5.35. The first kappa shape index (κ1) is 17.5. The summed E-state index contributed by atoms with van der Waals surface area (Å²) in [5.41, 5.74) is -0.697. The number of halogens is 3. The zero-order valence-electron chi connectivity index (χ0n) is 12.9. The molecule has 1 aromatic rings. The monoisotopic (exact) mass is 301 g/mol. The number of nitrogens with zero attached hydrogens (tertiary/aromatic N) is 3. The molecule has 0 spiro atoms. The molecule has 0 unspecified atom stereocenters. The Morgan fingerprint density at radius 3 is 2.52 bits per heavy atom. The van der Waals surface area contributed by atoms with Gasteiger partial charge < -0.3 is 4.90 Å². The first-order chi connectivity index (χ1) is 9.79. The maximum atomic E-state index is 13.2. The molecule has 3 nitrogen and oxygen atoms in total. The second kappa shape index (κ2) is 7.43. The van der Waals surface area contributed by atoms with Crippen LogP contribution in [0.4, 0.5) is 19.0 Å². The molecule has 0 atom stereocenters. The highest BCUT2D eigenvalue weighted by Crippen LogP contribution is 2.33. The molecule has 1 heterocycles. The fraction of sp³-hybridized carbons (Fsp3) is 0.600. The summed E-state index contributed by atoms with van der Waals surface area (Å²) in [5, 5.41) is 0. The quantitative estimate of drug-likeness (QED) is 0.742. The van der Waals surface area contributed by atoms with Gasteiger partial charge in [0.2, 0.25) is 0 Å². The summed E-state index contributed by atoms with van der Waals surface area (Å²) in [6.07, 6.45) is -1.13. The molecule has 1 aromatic heterocycles. The van der Waals surface area contributed by atoms with Gasteiger partial charge in [-0.15, -0.1) is 0 Å². The van der Waals surface area contributed by atoms with Crippen LogP contribution in [0.3, 0.4) is 0 Å². The molecule has 6 heteroatoms. The maximum absolute atomic E-state index is 13.2. The van der Waals surface area contributed by atoms with Crippen LogP contribution in [-0.2, 0) is 6.18 Å². The van der Waals surface area contributed by atoms with Crippen LogP contribution < -0.4 is 4.90 Å². The van der Waals surface area contributed by atoms with E-state index in [0.29, 0.717) is 24.8 Å². The van der Waals surface area contributed by atoms with E-state index in [4.69, 9.17) is 0 Å². The molecule has 0 saturated carbocycles. The molecule has 0 aliphatic heterocycles. The van der Waals surface area contributed by atoms with Gasteiger partial charge in [-0.3, -0.25) is 4.99 Å². The highest BCUT2D eigenvalue weighted by Gasteiger charge is 2.34. The fourth-order valence-electron chi connectivity index (χ4n) is 2.13. The van der Waals surface area contributed by atoms with E-state index in [2.05, 4.69) is 9.98 Å². The average Bonchev–Trinajstić information content (AvgIpc) is 2.37. The number of rotatable bonds is 6. The highest BCUT2D eigenvalue weighted by molar-refractivity contribution is 5.82. The molecule has 0 saturated heterocycles. The first-order valence-electron chi connectivity index (χ1n) is 7.03. The van der Waals surface area contributed by atoms with Gasteiger partial charge in [-0.2, -0.15) is 13.2 Å². The Hall–Kier alpha value is -1.59. The third-order valence-electron chi connectivity index (χ3n) is 2.90. The van der Waals surface area contributed by atoms with Gasteiger partial charge in [0.15, 0.2) is 0 Å². The topological polar surface area (TPSA) is 28.5 Å². The van der Waals surface area contributed by atoms with E-state index in [1.54, 1.807) is 0 Å². The Morgan fingerprint density at radius 2 is 2.05 bits per heavy atom. The molecule has 0 fully saturated rings. The minimum absolute atomic E-state index is 0.00487. The zero-order chi connectivity index (χ0) is 16.0. The van der Waals surface area contributed by atoms with Crippen LogP contribution in [0, 0.1) is 5.92 Å². The molecule has 21 heavy (non-hydrogen) atoms. The van der Waals surface area contributed by atoms with E-state index in [9.17, 15) is 13.2 Å². The van der Waals surface area contributed by atoms with Crippen LogP contribution in [-0.4, -0.2) is 31.3 Å². The van der Waals surface area contributed by atoms with E-state index in [0.717, 1.165) is 12.5 Å². The molecule has 118 valence electrons. The van der Waals surface area contributed by atoms with Crippen molar-refractivity contribution in [2.75, 3.05) is 25.0 Å².